The van der Waals surface area contributed by atoms with Crippen molar-refractivity contribution in [3.63, 3.8) is 0 Å². The summed E-state index contributed by atoms with van der Waals surface area (Å²) in [4.78, 5) is 31.8. The van der Waals surface area contributed by atoms with Crippen LogP contribution in [-0.4, -0.2) is 64.5 Å². The van der Waals surface area contributed by atoms with Gasteiger partial charge in [0.15, 0.2) is 5.82 Å². The van der Waals surface area contributed by atoms with Gasteiger partial charge in [0.05, 0.1) is 23.5 Å². The zero-order valence-electron chi connectivity index (χ0n) is 20.5. The summed E-state index contributed by atoms with van der Waals surface area (Å²) in [6.45, 7) is 2.36. The van der Waals surface area contributed by atoms with Crippen molar-refractivity contribution in [1.29, 1.82) is 0 Å². The molecule has 10 heteroatoms. The highest BCUT2D eigenvalue weighted by Gasteiger charge is 2.26. The van der Waals surface area contributed by atoms with Crippen LogP contribution in [0, 0.1) is 0 Å². The van der Waals surface area contributed by atoms with Crippen LogP contribution in [0.4, 0.5) is 5.82 Å². The molecule has 0 atom stereocenters. The third-order valence-electron chi connectivity index (χ3n) is 6.39. The summed E-state index contributed by atoms with van der Waals surface area (Å²) in [5.74, 6) is 0.951. The summed E-state index contributed by atoms with van der Waals surface area (Å²) in [7, 11) is 0. The molecule has 2 aromatic heterocycles. The van der Waals surface area contributed by atoms with Gasteiger partial charge in [-0.25, -0.2) is 0 Å². The number of nitrogens with zero attached hydrogens (tertiary/aromatic N) is 5. The molecule has 0 unspecified atom stereocenters. The van der Waals surface area contributed by atoms with Gasteiger partial charge in [0.25, 0.3) is 5.91 Å². The Morgan fingerprint density at radius 2 is 1.63 bits per heavy atom. The predicted octanol–water partition coefficient (Wildman–Crippen LogP) is 5.03. The first-order chi connectivity index (χ1) is 18.5. The van der Waals surface area contributed by atoms with Crippen molar-refractivity contribution in [3.8, 4) is 11.3 Å². The van der Waals surface area contributed by atoms with Gasteiger partial charge in [0.1, 0.15) is 12.3 Å². The number of furan rings is 1. The maximum Gasteiger partial charge on any atom is 0.254 e. The number of aromatic nitrogens is 2. The minimum Gasteiger partial charge on any atom is -0.467 e. The van der Waals surface area contributed by atoms with E-state index in [0.29, 0.717) is 53.2 Å². The summed E-state index contributed by atoms with van der Waals surface area (Å²) in [6.07, 6.45) is 1.55. The number of benzene rings is 2. The quantitative estimate of drug-likeness (QED) is 0.321. The van der Waals surface area contributed by atoms with Gasteiger partial charge in [-0.2, -0.15) is 0 Å². The lowest BCUT2D eigenvalue weighted by Crippen LogP contribution is -2.52. The molecule has 8 nitrogen and oxygen atoms in total. The van der Waals surface area contributed by atoms with Crippen molar-refractivity contribution in [2.24, 2.45) is 0 Å². The molecule has 0 N–H and O–H groups in total. The molecule has 38 heavy (non-hydrogen) atoms. The minimum absolute atomic E-state index is 0.0610. The van der Waals surface area contributed by atoms with E-state index in [1.54, 1.807) is 47.6 Å². The first-order valence-corrected chi connectivity index (χ1v) is 12.9. The van der Waals surface area contributed by atoms with Gasteiger partial charge in [0, 0.05) is 42.3 Å². The molecular weight excluding hydrogens is 525 g/mol. The number of rotatable bonds is 7. The third-order valence-corrected chi connectivity index (χ3v) is 6.97. The Hall–Kier alpha value is -3.88. The van der Waals surface area contributed by atoms with Crippen molar-refractivity contribution >= 4 is 40.8 Å². The van der Waals surface area contributed by atoms with Gasteiger partial charge < -0.3 is 19.1 Å². The van der Waals surface area contributed by atoms with E-state index in [1.807, 2.05) is 36.4 Å². The number of hydrogen-bond acceptors (Lipinski definition) is 6. The maximum absolute atomic E-state index is 13.2. The summed E-state index contributed by atoms with van der Waals surface area (Å²) >= 11 is 12.3. The monoisotopic (exact) mass is 549 g/mol. The van der Waals surface area contributed by atoms with Crippen molar-refractivity contribution in [3.05, 3.63) is 100 Å². The number of halogens is 2. The number of carbonyl (C=O) groups excluding carboxylic acids is 2. The van der Waals surface area contributed by atoms with Crippen LogP contribution >= 0.6 is 23.2 Å². The average Bonchev–Trinajstić information content (AvgIpc) is 3.46. The molecule has 0 saturated carbocycles. The molecule has 1 fully saturated rings. The SMILES string of the molecule is O=C(CN(Cc1ccco1)C(=O)c1ccc(Cl)cc1)N1CCN(c2ccc(-c3ccccc3Cl)nn2)CC1. The second kappa shape index (κ2) is 11.7. The molecule has 3 heterocycles. The molecule has 1 aliphatic heterocycles. The molecule has 194 valence electrons. The average molecular weight is 550 g/mol. The van der Waals surface area contributed by atoms with E-state index in [-0.39, 0.29) is 24.9 Å². The highest BCUT2D eigenvalue weighted by molar-refractivity contribution is 6.33. The highest BCUT2D eigenvalue weighted by atomic mass is 35.5. The zero-order chi connectivity index (χ0) is 26.5. The number of carbonyl (C=O) groups is 2. The lowest BCUT2D eigenvalue weighted by molar-refractivity contribution is -0.132. The molecule has 5 rings (SSSR count). The highest BCUT2D eigenvalue weighted by Crippen LogP contribution is 2.26. The summed E-state index contributed by atoms with van der Waals surface area (Å²) in [6, 6.07) is 21.5. The topological polar surface area (TPSA) is 82.8 Å². The maximum atomic E-state index is 13.2. The van der Waals surface area contributed by atoms with Crippen molar-refractivity contribution < 1.29 is 14.0 Å². The van der Waals surface area contributed by atoms with E-state index in [0.717, 1.165) is 11.4 Å². The molecule has 2 amide bonds. The molecular formula is C28H25Cl2N5O3. The van der Waals surface area contributed by atoms with Crippen LogP contribution in [0.25, 0.3) is 11.3 Å². The Labute approximate surface area is 230 Å². The Bertz CT molecular complexity index is 1390. The Morgan fingerprint density at radius 3 is 2.29 bits per heavy atom. The number of amides is 2. The third kappa shape index (κ3) is 5.98. The molecule has 0 aliphatic carbocycles. The van der Waals surface area contributed by atoms with Crippen molar-refractivity contribution in [2.75, 3.05) is 37.6 Å². The standard InChI is InChI=1S/C28H25Cl2N5O3/c29-21-9-7-20(8-10-21)28(37)35(18-22-4-3-17-38-22)19-27(36)34-15-13-33(14-16-34)26-12-11-25(31-32-26)23-5-1-2-6-24(23)30/h1-12,17H,13-16,18-19H2. The molecule has 4 aromatic rings. The van der Waals surface area contributed by atoms with Gasteiger partial charge in [-0.05, 0) is 54.6 Å². The summed E-state index contributed by atoms with van der Waals surface area (Å²) in [5, 5.41) is 9.89. The van der Waals surface area contributed by atoms with Gasteiger partial charge >= 0.3 is 0 Å². The lowest BCUT2D eigenvalue weighted by Gasteiger charge is -2.36. The molecule has 0 spiro atoms. The van der Waals surface area contributed by atoms with Crippen molar-refractivity contribution in [2.45, 2.75) is 6.54 Å². The van der Waals surface area contributed by atoms with E-state index in [4.69, 9.17) is 27.6 Å². The number of piperazine rings is 1. The van der Waals surface area contributed by atoms with E-state index >= 15 is 0 Å². The van der Waals surface area contributed by atoms with Crippen LogP contribution in [0.5, 0.6) is 0 Å². The normalized spacial score (nSPS) is 13.4. The predicted molar refractivity (Wildman–Crippen MR) is 146 cm³/mol. The molecule has 1 aliphatic rings. The fourth-order valence-electron chi connectivity index (χ4n) is 4.32. The summed E-state index contributed by atoms with van der Waals surface area (Å²) in [5.41, 5.74) is 1.99. The molecule has 2 aromatic carbocycles. The first-order valence-electron chi connectivity index (χ1n) is 12.2. The second-order valence-electron chi connectivity index (χ2n) is 8.87. The number of hydrogen-bond donors (Lipinski definition) is 0. The van der Waals surface area contributed by atoms with Crippen LogP contribution in [0.1, 0.15) is 16.1 Å². The van der Waals surface area contributed by atoms with Gasteiger partial charge in [-0.3, -0.25) is 9.59 Å². The summed E-state index contributed by atoms with van der Waals surface area (Å²) < 4.78 is 5.44. The van der Waals surface area contributed by atoms with Crippen LogP contribution in [0.15, 0.2) is 83.5 Å². The van der Waals surface area contributed by atoms with Gasteiger partial charge in [0.2, 0.25) is 5.91 Å². The Balaban J connectivity index is 1.21. The van der Waals surface area contributed by atoms with E-state index in [2.05, 4.69) is 15.1 Å². The lowest BCUT2D eigenvalue weighted by atomic mass is 10.1. The molecule has 0 radical (unpaired) electrons. The van der Waals surface area contributed by atoms with Crippen LogP contribution < -0.4 is 4.90 Å². The smallest absolute Gasteiger partial charge is 0.254 e. The van der Waals surface area contributed by atoms with E-state index in [9.17, 15) is 9.59 Å². The Morgan fingerprint density at radius 1 is 0.868 bits per heavy atom. The second-order valence-corrected chi connectivity index (χ2v) is 9.72. The zero-order valence-corrected chi connectivity index (χ0v) is 22.0. The van der Waals surface area contributed by atoms with Gasteiger partial charge in [-0.15, -0.1) is 10.2 Å². The largest absolute Gasteiger partial charge is 0.467 e. The van der Waals surface area contributed by atoms with Crippen molar-refractivity contribution in [1.82, 2.24) is 20.0 Å². The minimum atomic E-state index is -0.265. The van der Waals surface area contributed by atoms with Crippen LogP contribution in [0.2, 0.25) is 10.0 Å². The fraction of sp³-hybridized carbons (Fsp3) is 0.214. The molecule has 1 saturated heterocycles. The van der Waals surface area contributed by atoms with Gasteiger partial charge in [-0.1, -0.05) is 41.4 Å². The van der Waals surface area contributed by atoms with Crippen LogP contribution in [0.3, 0.4) is 0 Å². The first kappa shape index (κ1) is 25.8. The van der Waals surface area contributed by atoms with Crippen LogP contribution in [-0.2, 0) is 11.3 Å². The van der Waals surface area contributed by atoms with E-state index < -0.39 is 0 Å². The molecule has 0 bridgehead atoms. The van der Waals surface area contributed by atoms with E-state index in [1.165, 1.54) is 4.90 Å². The number of anilines is 1. The fourth-order valence-corrected chi connectivity index (χ4v) is 4.68. The Kier molecular flexibility index (Phi) is 7.91.